The number of hydrogen-bond acceptors (Lipinski definition) is 3. The first-order valence-electron chi connectivity index (χ1n) is 5.61. The summed E-state index contributed by atoms with van der Waals surface area (Å²) in [6.45, 7) is 1.96. The molecular formula is C11H15BrN2O2S. The lowest BCUT2D eigenvalue weighted by atomic mass is 10.2. The van der Waals surface area contributed by atoms with E-state index in [2.05, 4.69) is 26.6 Å². The number of carbonyl (C=O) groups is 1. The van der Waals surface area contributed by atoms with Gasteiger partial charge in [-0.3, -0.25) is 0 Å². The van der Waals surface area contributed by atoms with Crippen LogP contribution in [0.25, 0.3) is 0 Å². The Morgan fingerprint density at radius 1 is 1.59 bits per heavy atom. The van der Waals surface area contributed by atoms with E-state index in [1.165, 1.54) is 0 Å². The van der Waals surface area contributed by atoms with Gasteiger partial charge in [-0.05, 0) is 40.2 Å². The average Bonchev–Trinajstić information content (AvgIpc) is 2.95. The van der Waals surface area contributed by atoms with Gasteiger partial charge in [-0.15, -0.1) is 11.3 Å². The van der Waals surface area contributed by atoms with Crippen LogP contribution in [0.5, 0.6) is 0 Å². The number of urea groups is 1. The highest BCUT2D eigenvalue weighted by atomic mass is 79.9. The third kappa shape index (κ3) is 3.97. The van der Waals surface area contributed by atoms with Gasteiger partial charge < -0.3 is 15.4 Å². The van der Waals surface area contributed by atoms with Gasteiger partial charge in [-0.1, -0.05) is 0 Å². The van der Waals surface area contributed by atoms with E-state index in [-0.39, 0.29) is 12.1 Å². The van der Waals surface area contributed by atoms with Crippen molar-refractivity contribution in [2.45, 2.75) is 25.5 Å². The van der Waals surface area contributed by atoms with Crippen LogP contribution in [0.1, 0.15) is 17.7 Å². The standard InChI is InChI=1S/C11H15BrN2O2S/c12-9-3-5-17-10(9)7-14-11(15)13-6-8-2-1-4-16-8/h3,5,8H,1-2,4,6-7H2,(H2,13,14,15)/t8-/m1/s1. The SMILES string of the molecule is O=C(NCc1sccc1Br)NC[C@H]1CCCO1. The molecule has 0 radical (unpaired) electrons. The van der Waals surface area contributed by atoms with E-state index < -0.39 is 0 Å². The van der Waals surface area contributed by atoms with Crippen LogP contribution < -0.4 is 10.6 Å². The highest BCUT2D eigenvalue weighted by molar-refractivity contribution is 9.10. The summed E-state index contributed by atoms with van der Waals surface area (Å²) in [6, 6.07) is 1.84. The first-order chi connectivity index (χ1) is 8.25. The fourth-order valence-electron chi connectivity index (χ4n) is 1.69. The molecular weight excluding hydrogens is 304 g/mol. The molecule has 94 valence electrons. The van der Waals surface area contributed by atoms with Gasteiger partial charge in [-0.2, -0.15) is 0 Å². The van der Waals surface area contributed by atoms with Crippen molar-refractivity contribution in [1.29, 1.82) is 0 Å². The van der Waals surface area contributed by atoms with Crippen LogP contribution in [-0.4, -0.2) is 25.3 Å². The predicted molar refractivity (Wildman–Crippen MR) is 71.2 cm³/mol. The number of hydrogen-bond donors (Lipinski definition) is 2. The summed E-state index contributed by atoms with van der Waals surface area (Å²) >= 11 is 5.05. The van der Waals surface area contributed by atoms with Gasteiger partial charge in [-0.25, -0.2) is 4.79 Å². The largest absolute Gasteiger partial charge is 0.376 e. The normalized spacial score (nSPS) is 19.2. The Balaban J connectivity index is 1.65. The zero-order valence-corrected chi connectivity index (χ0v) is 11.8. The van der Waals surface area contributed by atoms with Gasteiger partial charge in [0.05, 0.1) is 12.6 Å². The Hall–Kier alpha value is -0.590. The zero-order chi connectivity index (χ0) is 12.1. The van der Waals surface area contributed by atoms with E-state index in [0.717, 1.165) is 28.8 Å². The van der Waals surface area contributed by atoms with Gasteiger partial charge in [0.2, 0.25) is 0 Å². The first kappa shape index (κ1) is 12.9. The van der Waals surface area contributed by atoms with E-state index in [4.69, 9.17) is 4.74 Å². The maximum atomic E-state index is 11.5. The molecule has 1 aliphatic heterocycles. The molecule has 1 fully saturated rings. The number of rotatable bonds is 4. The molecule has 2 heterocycles. The Labute approximate surface area is 113 Å². The summed E-state index contributed by atoms with van der Waals surface area (Å²) in [5, 5.41) is 7.64. The van der Waals surface area contributed by atoms with Crippen LogP contribution in [0.2, 0.25) is 0 Å². The third-order valence-electron chi connectivity index (χ3n) is 2.61. The van der Waals surface area contributed by atoms with Gasteiger partial charge in [0.25, 0.3) is 0 Å². The number of nitrogens with one attached hydrogen (secondary N) is 2. The second kappa shape index (κ2) is 6.37. The number of carbonyl (C=O) groups excluding carboxylic acids is 1. The molecule has 1 atom stereocenters. The molecule has 2 rings (SSSR count). The van der Waals surface area contributed by atoms with Crippen LogP contribution >= 0.6 is 27.3 Å². The summed E-state index contributed by atoms with van der Waals surface area (Å²) < 4.78 is 6.47. The molecule has 2 N–H and O–H groups in total. The molecule has 0 bridgehead atoms. The Morgan fingerprint density at radius 3 is 3.12 bits per heavy atom. The molecule has 4 nitrogen and oxygen atoms in total. The van der Waals surface area contributed by atoms with Crippen molar-refractivity contribution in [2.24, 2.45) is 0 Å². The molecule has 0 saturated carbocycles. The first-order valence-corrected chi connectivity index (χ1v) is 7.28. The number of amides is 2. The van der Waals surface area contributed by atoms with Crippen LogP contribution in [0.15, 0.2) is 15.9 Å². The number of thiophene rings is 1. The Kier molecular flexibility index (Phi) is 4.82. The van der Waals surface area contributed by atoms with Crippen molar-refractivity contribution in [3.63, 3.8) is 0 Å². The Bertz CT molecular complexity index is 377. The van der Waals surface area contributed by atoms with Gasteiger partial charge in [0.15, 0.2) is 0 Å². The van der Waals surface area contributed by atoms with Crippen molar-refractivity contribution in [2.75, 3.05) is 13.2 Å². The Morgan fingerprint density at radius 2 is 2.47 bits per heavy atom. The van der Waals surface area contributed by atoms with Crippen LogP contribution in [0.4, 0.5) is 4.79 Å². The predicted octanol–water partition coefficient (Wildman–Crippen LogP) is 2.49. The van der Waals surface area contributed by atoms with Crippen molar-refractivity contribution >= 4 is 33.3 Å². The van der Waals surface area contributed by atoms with Crippen LogP contribution in [0, 0.1) is 0 Å². The van der Waals surface area contributed by atoms with Crippen molar-refractivity contribution in [1.82, 2.24) is 10.6 Å². The zero-order valence-electron chi connectivity index (χ0n) is 9.37. The number of halogens is 1. The summed E-state index contributed by atoms with van der Waals surface area (Å²) in [5.74, 6) is 0. The summed E-state index contributed by atoms with van der Waals surface area (Å²) in [7, 11) is 0. The van der Waals surface area contributed by atoms with Crippen LogP contribution in [-0.2, 0) is 11.3 Å². The molecule has 1 saturated heterocycles. The highest BCUT2D eigenvalue weighted by Crippen LogP contribution is 2.22. The van der Waals surface area contributed by atoms with Gasteiger partial charge >= 0.3 is 6.03 Å². The quantitative estimate of drug-likeness (QED) is 0.896. The lowest BCUT2D eigenvalue weighted by Gasteiger charge is -2.11. The molecule has 0 aliphatic carbocycles. The summed E-state index contributed by atoms with van der Waals surface area (Å²) in [6.07, 6.45) is 2.32. The van der Waals surface area contributed by atoms with Crippen LogP contribution in [0.3, 0.4) is 0 Å². The molecule has 6 heteroatoms. The molecule has 2 amide bonds. The molecule has 0 unspecified atom stereocenters. The lowest BCUT2D eigenvalue weighted by Crippen LogP contribution is -2.39. The van der Waals surface area contributed by atoms with E-state index in [1.807, 2.05) is 11.4 Å². The van der Waals surface area contributed by atoms with E-state index in [9.17, 15) is 4.79 Å². The highest BCUT2D eigenvalue weighted by Gasteiger charge is 2.15. The molecule has 1 aromatic heterocycles. The second-order valence-electron chi connectivity index (χ2n) is 3.89. The molecule has 0 spiro atoms. The minimum Gasteiger partial charge on any atom is -0.376 e. The van der Waals surface area contributed by atoms with E-state index in [1.54, 1.807) is 11.3 Å². The fraction of sp³-hybridized carbons (Fsp3) is 0.545. The van der Waals surface area contributed by atoms with E-state index in [0.29, 0.717) is 13.1 Å². The smallest absolute Gasteiger partial charge is 0.315 e. The average molecular weight is 319 g/mol. The van der Waals surface area contributed by atoms with Crippen molar-refractivity contribution < 1.29 is 9.53 Å². The molecule has 1 aliphatic rings. The van der Waals surface area contributed by atoms with Gasteiger partial charge in [0, 0.05) is 22.5 Å². The topological polar surface area (TPSA) is 50.4 Å². The molecule has 0 aromatic carbocycles. The lowest BCUT2D eigenvalue weighted by molar-refractivity contribution is 0.111. The van der Waals surface area contributed by atoms with Gasteiger partial charge in [0.1, 0.15) is 0 Å². The molecule has 17 heavy (non-hydrogen) atoms. The minimum absolute atomic E-state index is 0.138. The monoisotopic (exact) mass is 318 g/mol. The second-order valence-corrected chi connectivity index (χ2v) is 5.75. The summed E-state index contributed by atoms with van der Waals surface area (Å²) in [4.78, 5) is 12.6. The third-order valence-corrected chi connectivity index (χ3v) is 4.54. The maximum Gasteiger partial charge on any atom is 0.315 e. The summed E-state index contributed by atoms with van der Waals surface area (Å²) in [5.41, 5.74) is 0. The minimum atomic E-state index is -0.138. The molecule has 1 aromatic rings. The number of ether oxygens (including phenoxy) is 1. The fourth-order valence-corrected chi connectivity index (χ4v) is 3.12. The van der Waals surface area contributed by atoms with E-state index >= 15 is 0 Å². The van der Waals surface area contributed by atoms with Crippen molar-refractivity contribution in [3.05, 3.63) is 20.8 Å². The van der Waals surface area contributed by atoms with Crippen molar-refractivity contribution in [3.8, 4) is 0 Å². The maximum absolute atomic E-state index is 11.5.